The number of nitrogens with zero attached hydrogens (tertiary/aromatic N) is 1. The monoisotopic (exact) mass is 250 g/mol. The van der Waals surface area contributed by atoms with Crippen LogP contribution in [0.25, 0.3) is 10.7 Å². The summed E-state index contributed by atoms with van der Waals surface area (Å²) in [6.07, 6.45) is 0.345. The van der Waals surface area contributed by atoms with Gasteiger partial charge >= 0.3 is 0 Å². The Morgan fingerprint density at radius 1 is 1.41 bits per heavy atom. The summed E-state index contributed by atoms with van der Waals surface area (Å²) in [5.74, 6) is 0.604. The van der Waals surface area contributed by atoms with Gasteiger partial charge in [-0.15, -0.1) is 11.3 Å². The van der Waals surface area contributed by atoms with E-state index in [9.17, 15) is 4.79 Å². The number of aromatic amines is 1. The van der Waals surface area contributed by atoms with Crippen LogP contribution in [-0.2, 0) is 6.42 Å². The minimum atomic E-state index is -0.160. The van der Waals surface area contributed by atoms with Crippen LogP contribution in [0.4, 0.5) is 0 Å². The number of nitrogens with one attached hydrogen (secondary N) is 1. The Bertz CT molecular complexity index is 586. The summed E-state index contributed by atoms with van der Waals surface area (Å²) in [4.78, 5) is 21.1. The molecule has 90 valence electrons. The molecule has 0 aliphatic carbocycles. The van der Waals surface area contributed by atoms with Crippen molar-refractivity contribution in [3.05, 3.63) is 38.6 Å². The molecule has 0 atom stereocenters. The number of hydrogen-bond donors (Lipinski definition) is 2. The maximum atomic E-state index is 11.8. The lowest BCUT2D eigenvalue weighted by Gasteiger charge is -2.04. The first-order valence-electron chi connectivity index (χ1n) is 5.39. The van der Waals surface area contributed by atoms with Crippen LogP contribution in [0.15, 0.2) is 16.9 Å². The maximum absolute atomic E-state index is 11.8. The first-order valence-corrected chi connectivity index (χ1v) is 6.21. The van der Waals surface area contributed by atoms with Crippen LogP contribution in [0, 0.1) is 13.8 Å². The molecule has 0 fully saturated rings. The van der Waals surface area contributed by atoms with Crippen molar-refractivity contribution in [1.29, 1.82) is 0 Å². The van der Waals surface area contributed by atoms with Crippen LogP contribution < -0.4 is 5.56 Å². The second-order valence-electron chi connectivity index (χ2n) is 3.86. The first kappa shape index (κ1) is 12.0. The van der Waals surface area contributed by atoms with E-state index < -0.39 is 0 Å². The predicted molar refractivity (Wildman–Crippen MR) is 68.4 cm³/mol. The molecule has 0 aliphatic rings. The molecule has 4 nitrogen and oxygen atoms in total. The van der Waals surface area contributed by atoms with Gasteiger partial charge in [0.15, 0.2) is 5.82 Å². The summed E-state index contributed by atoms with van der Waals surface area (Å²) in [6, 6.07) is 3.94. The van der Waals surface area contributed by atoms with Crippen molar-refractivity contribution in [3.63, 3.8) is 0 Å². The van der Waals surface area contributed by atoms with Gasteiger partial charge in [-0.25, -0.2) is 4.98 Å². The summed E-state index contributed by atoms with van der Waals surface area (Å²) >= 11 is 1.60. The minimum absolute atomic E-state index is 0.0386. The average molecular weight is 250 g/mol. The van der Waals surface area contributed by atoms with Gasteiger partial charge in [-0.1, -0.05) is 0 Å². The molecule has 0 amide bonds. The van der Waals surface area contributed by atoms with Crippen molar-refractivity contribution >= 4 is 11.3 Å². The van der Waals surface area contributed by atoms with E-state index in [0.717, 1.165) is 4.88 Å². The van der Waals surface area contributed by atoms with Crippen molar-refractivity contribution in [1.82, 2.24) is 9.97 Å². The topological polar surface area (TPSA) is 66.0 Å². The Kier molecular flexibility index (Phi) is 3.40. The normalized spacial score (nSPS) is 10.8. The van der Waals surface area contributed by atoms with Gasteiger partial charge in [-0.2, -0.15) is 0 Å². The average Bonchev–Trinajstić information content (AvgIpc) is 2.70. The highest BCUT2D eigenvalue weighted by atomic mass is 32.1. The van der Waals surface area contributed by atoms with E-state index in [0.29, 0.717) is 23.5 Å². The highest BCUT2D eigenvalue weighted by Gasteiger charge is 2.10. The lowest BCUT2D eigenvalue weighted by Crippen LogP contribution is -2.18. The number of aliphatic hydroxyl groups is 1. The molecule has 2 aromatic rings. The van der Waals surface area contributed by atoms with Crippen LogP contribution in [-0.4, -0.2) is 21.7 Å². The van der Waals surface area contributed by atoms with Crippen molar-refractivity contribution in [3.8, 4) is 10.7 Å². The summed E-state index contributed by atoms with van der Waals surface area (Å²) in [6.45, 7) is 3.77. The van der Waals surface area contributed by atoms with Crippen molar-refractivity contribution in [2.45, 2.75) is 20.3 Å². The number of hydrogen-bond acceptors (Lipinski definition) is 4. The molecule has 0 spiro atoms. The molecule has 5 heteroatoms. The zero-order valence-electron chi connectivity index (χ0n) is 9.78. The van der Waals surface area contributed by atoms with Crippen LogP contribution >= 0.6 is 11.3 Å². The third kappa shape index (κ3) is 2.45. The van der Waals surface area contributed by atoms with Gasteiger partial charge < -0.3 is 10.1 Å². The fourth-order valence-electron chi connectivity index (χ4n) is 1.70. The number of aromatic nitrogens is 2. The standard InChI is InChI=1S/C12H14N2O2S/c1-7-3-4-10(17-7)11-13-8(2)9(5-6-15)12(16)14-11/h3-4,15H,5-6H2,1-2H3,(H,13,14,16). The molecule has 0 aliphatic heterocycles. The quantitative estimate of drug-likeness (QED) is 0.870. The molecule has 0 unspecified atom stereocenters. The van der Waals surface area contributed by atoms with Gasteiger partial charge in [0.2, 0.25) is 0 Å². The number of aryl methyl sites for hydroxylation is 2. The zero-order valence-corrected chi connectivity index (χ0v) is 10.6. The molecule has 2 N–H and O–H groups in total. The molecular formula is C12H14N2O2S. The molecule has 2 aromatic heterocycles. The Labute approximate surface area is 103 Å². The van der Waals surface area contributed by atoms with Crippen molar-refractivity contribution < 1.29 is 5.11 Å². The summed E-state index contributed by atoms with van der Waals surface area (Å²) in [5.41, 5.74) is 1.08. The van der Waals surface area contributed by atoms with Gasteiger partial charge in [-0.05, 0) is 26.0 Å². The molecule has 2 heterocycles. The van der Waals surface area contributed by atoms with E-state index in [4.69, 9.17) is 5.11 Å². The third-order valence-electron chi connectivity index (χ3n) is 2.56. The third-order valence-corrected chi connectivity index (χ3v) is 3.57. The Hall–Kier alpha value is -1.46. The zero-order chi connectivity index (χ0) is 12.4. The van der Waals surface area contributed by atoms with Crippen LogP contribution in [0.3, 0.4) is 0 Å². The van der Waals surface area contributed by atoms with E-state index in [1.54, 1.807) is 18.3 Å². The van der Waals surface area contributed by atoms with Crippen LogP contribution in [0.1, 0.15) is 16.1 Å². The number of thiophene rings is 1. The smallest absolute Gasteiger partial charge is 0.254 e. The lowest BCUT2D eigenvalue weighted by molar-refractivity contribution is 0.298. The minimum Gasteiger partial charge on any atom is -0.396 e. The maximum Gasteiger partial charge on any atom is 0.254 e. The van der Waals surface area contributed by atoms with E-state index in [1.165, 1.54) is 4.88 Å². The van der Waals surface area contributed by atoms with E-state index in [1.807, 2.05) is 19.1 Å². The molecule has 17 heavy (non-hydrogen) atoms. The molecule has 0 radical (unpaired) electrons. The summed E-state index contributed by atoms with van der Waals surface area (Å²) < 4.78 is 0. The fourth-order valence-corrected chi connectivity index (χ4v) is 2.51. The fraction of sp³-hybridized carbons (Fsp3) is 0.333. The highest BCUT2D eigenvalue weighted by molar-refractivity contribution is 7.15. The lowest BCUT2D eigenvalue weighted by atomic mass is 10.2. The Morgan fingerprint density at radius 2 is 2.18 bits per heavy atom. The molecule has 2 rings (SSSR count). The van der Waals surface area contributed by atoms with Gasteiger partial charge in [0.1, 0.15) is 0 Å². The van der Waals surface area contributed by atoms with E-state index in [2.05, 4.69) is 9.97 Å². The van der Waals surface area contributed by atoms with Crippen LogP contribution in [0.5, 0.6) is 0 Å². The van der Waals surface area contributed by atoms with Crippen molar-refractivity contribution in [2.24, 2.45) is 0 Å². The second kappa shape index (κ2) is 4.81. The second-order valence-corrected chi connectivity index (χ2v) is 5.15. The Balaban J connectivity index is 2.49. The van der Waals surface area contributed by atoms with E-state index >= 15 is 0 Å². The molecule has 0 saturated carbocycles. The predicted octanol–water partition coefficient (Wildman–Crippen LogP) is 1.65. The largest absolute Gasteiger partial charge is 0.396 e. The number of H-pyrrole nitrogens is 1. The Morgan fingerprint density at radius 3 is 2.71 bits per heavy atom. The highest BCUT2D eigenvalue weighted by Crippen LogP contribution is 2.24. The molecule has 0 aromatic carbocycles. The molecule has 0 bridgehead atoms. The van der Waals surface area contributed by atoms with Crippen LogP contribution in [0.2, 0.25) is 0 Å². The number of aliphatic hydroxyl groups excluding tert-OH is 1. The molecular weight excluding hydrogens is 236 g/mol. The summed E-state index contributed by atoms with van der Waals surface area (Å²) in [7, 11) is 0. The number of rotatable bonds is 3. The van der Waals surface area contributed by atoms with E-state index in [-0.39, 0.29) is 12.2 Å². The SMILES string of the molecule is Cc1ccc(-c2nc(C)c(CCO)c(=O)[nH]2)s1. The van der Waals surface area contributed by atoms with Gasteiger partial charge in [0, 0.05) is 29.2 Å². The first-order chi connectivity index (χ1) is 8.11. The summed E-state index contributed by atoms with van der Waals surface area (Å²) in [5, 5.41) is 8.88. The van der Waals surface area contributed by atoms with Gasteiger partial charge in [0.25, 0.3) is 5.56 Å². The van der Waals surface area contributed by atoms with Gasteiger partial charge in [0.05, 0.1) is 4.88 Å². The van der Waals surface area contributed by atoms with Gasteiger partial charge in [-0.3, -0.25) is 4.79 Å². The van der Waals surface area contributed by atoms with Crippen molar-refractivity contribution in [2.75, 3.05) is 6.61 Å². The molecule has 0 saturated heterocycles.